The molecule has 0 aromatic carbocycles. The SMILES string of the molecule is Cc1cncc(C(=O)N2CCC3(CC2)CC3NS(C)(=O)=O)c1. The number of amides is 1. The molecule has 1 spiro atoms. The van der Waals surface area contributed by atoms with Gasteiger partial charge in [-0.05, 0) is 43.2 Å². The molecule has 1 amide bonds. The van der Waals surface area contributed by atoms with Crippen molar-refractivity contribution in [3.05, 3.63) is 29.6 Å². The lowest BCUT2D eigenvalue weighted by molar-refractivity contribution is 0.0673. The predicted octanol–water partition coefficient (Wildman–Crippen LogP) is 0.934. The van der Waals surface area contributed by atoms with Gasteiger partial charge < -0.3 is 4.90 Å². The van der Waals surface area contributed by atoms with Crippen molar-refractivity contribution in [2.75, 3.05) is 19.3 Å². The number of piperidine rings is 1. The second kappa shape index (κ2) is 5.31. The summed E-state index contributed by atoms with van der Waals surface area (Å²) in [4.78, 5) is 18.4. The number of rotatable bonds is 3. The van der Waals surface area contributed by atoms with Gasteiger partial charge in [-0.3, -0.25) is 9.78 Å². The number of likely N-dealkylation sites (tertiary alicyclic amines) is 1. The quantitative estimate of drug-likeness (QED) is 0.897. The van der Waals surface area contributed by atoms with Gasteiger partial charge in [-0.15, -0.1) is 0 Å². The normalized spacial score (nSPS) is 23.5. The van der Waals surface area contributed by atoms with Crippen molar-refractivity contribution in [3.8, 4) is 0 Å². The molecule has 1 aliphatic carbocycles. The van der Waals surface area contributed by atoms with E-state index >= 15 is 0 Å². The minimum Gasteiger partial charge on any atom is -0.339 e. The number of sulfonamides is 1. The van der Waals surface area contributed by atoms with E-state index in [0.717, 1.165) is 24.8 Å². The van der Waals surface area contributed by atoms with Crippen LogP contribution in [0.3, 0.4) is 0 Å². The van der Waals surface area contributed by atoms with E-state index in [9.17, 15) is 13.2 Å². The fourth-order valence-electron chi connectivity index (χ4n) is 3.33. The number of aromatic nitrogens is 1. The third-order valence-corrected chi connectivity index (χ3v) is 5.43. The molecule has 1 aromatic rings. The highest BCUT2D eigenvalue weighted by Gasteiger charge is 2.56. The van der Waals surface area contributed by atoms with Crippen LogP contribution in [0.5, 0.6) is 0 Å². The molecule has 1 atom stereocenters. The Morgan fingerprint density at radius 1 is 1.36 bits per heavy atom. The fourth-order valence-corrected chi connectivity index (χ4v) is 4.19. The molecule has 1 unspecified atom stereocenters. The molecule has 22 heavy (non-hydrogen) atoms. The van der Waals surface area contributed by atoms with Crippen molar-refractivity contribution in [1.29, 1.82) is 0 Å². The number of hydrogen-bond acceptors (Lipinski definition) is 4. The van der Waals surface area contributed by atoms with E-state index in [1.54, 1.807) is 12.4 Å². The zero-order valence-corrected chi connectivity index (χ0v) is 13.7. The van der Waals surface area contributed by atoms with Crippen LogP contribution in [-0.2, 0) is 10.0 Å². The van der Waals surface area contributed by atoms with Crippen molar-refractivity contribution in [3.63, 3.8) is 0 Å². The smallest absolute Gasteiger partial charge is 0.255 e. The molecule has 0 bridgehead atoms. The van der Waals surface area contributed by atoms with Crippen LogP contribution < -0.4 is 4.72 Å². The molecule has 1 N–H and O–H groups in total. The standard InChI is InChI=1S/C15H21N3O3S/c1-11-7-12(10-16-9-11)14(19)18-5-3-15(4-6-18)8-13(15)17-22(2,20)21/h7,9-10,13,17H,3-6,8H2,1-2H3. The van der Waals surface area contributed by atoms with Crippen LogP contribution in [0.15, 0.2) is 18.5 Å². The molecule has 2 aliphatic rings. The van der Waals surface area contributed by atoms with E-state index < -0.39 is 10.0 Å². The number of nitrogens with zero attached hydrogens (tertiary/aromatic N) is 2. The van der Waals surface area contributed by atoms with Crippen molar-refractivity contribution < 1.29 is 13.2 Å². The molecule has 2 heterocycles. The Morgan fingerprint density at radius 3 is 2.64 bits per heavy atom. The van der Waals surface area contributed by atoms with Gasteiger partial charge in [0.15, 0.2) is 0 Å². The molecule has 2 fully saturated rings. The maximum absolute atomic E-state index is 12.5. The van der Waals surface area contributed by atoms with Gasteiger partial charge in [0, 0.05) is 31.5 Å². The van der Waals surface area contributed by atoms with Crippen LogP contribution >= 0.6 is 0 Å². The first-order valence-electron chi connectivity index (χ1n) is 7.47. The highest BCUT2D eigenvalue weighted by molar-refractivity contribution is 7.88. The molecule has 3 rings (SSSR count). The summed E-state index contributed by atoms with van der Waals surface area (Å²) in [5.41, 5.74) is 1.65. The van der Waals surface area contributed by atoms with Gasteiger partial charge in [0.05, 0.1) is 11.8 Å². The molecule has 1 aliphatic heterocycles. The Labute approximate surface area is 131 Å². The minimum atomic E-state index is -3.15. The van der Waals surface area contributed by atoms with Crippen LogP contribution in [0.25, 0.3) is 0 Å². The van der Waals surface area contributed by atoms with Crippen molar-refractivity contribution >= 4 is 15.9 Å². The Morgan fingerprint density at radius 2 is 2.05 bits per heavy atom. The highest BCUT2D eigenvalue weighted by Crippen LogP contribution is 2.54. The Bertz CT molecular complexity index is 694. The molecule has 120 valence electrons. The van der Waals surface area contributed by atoms with Gasteiger partial charge in [0.2, 0.25) is 10.0 Å². The van der Waals surface area contributed by atoms with Crippen LogP contribution in [-0.4, -0.2) is 49.6 Å². The Hall–Kier alpha value is -1.47. The summed E-state index contributed by atoms with van der Waals surface area (Å²) in [7, 11) is -3.15. The van der Waals surface area contributed by atoms with E-state index in [4.69, 9.17) is 0 Å². The maximum Gasteiger partial charge on any atom is 0.255 e. The molecule has 0 radical (unpaired) electrons. The topological polar surface area (TPSA) is 79.4 Å². The van der Waals surface area contributed by atoms with Gasteiger partial charge in [-0.2, -0.15) is 0 Å². The largest absolute Gasteiger partial charge is 0.339 e. The van der Waals surface area contributed by atoms with Crippen molar-refractivity contribution in [2.24, 2.45) is 5.41 Å². The summed E-state index contributed by atoms with van der Waals surface area (Å²) >= 11 is 0. The minimum absolute atomic E-state index is 0.0133. The summed E-state index contributed by atoms with van der Waals surface area (Å²) in [5, 5.41) is 0. The van der Waals surface area contributed by atoms with E-state index in [2.05, 4.69) is 9.71 Å². The molecular formula is C15H21N3O3S. The highest BCUT2D eigenvalue weighted by atomic mass is 32.2. The fraction of sp³-hybridized carbons (Fsp3) is 0.600. The number of aryl methyl sites for hydroxylation is 1. The second-order valence-corrected chi connectivity index (χ2v) is 8.33. The van der Waals surface area contributed by atoms with Crippen LogP contribution in [0.4, 0.5) is 0 Å². The molecular weight excluding hydrogens is 302 g/mol. The van der Waals surface area contributed by atoms with E-state index in [1.165, 1.54) is 6.26 Å². The van der Waals surface area contributed by atoms with Gasteiger partial charge in [-0.1, -0.05) is 0 Å². The van der Waals surface area contributed by atoms with Crippen molar-refractivity contribution in [1.82, 2.24) is 14.6 Å². The zero-order valence-electron chi connectivity index (χ0n) is 12.9. The van der Waals surface area contributed by atoms with E-state index in [-0.39, 0.29) is 17.4 Å². The zero-order chi connectivity index (χ0) is 16.0. The number of carbonyl (C=O) groups is 1. The summed E-state index contributed by atoms with van der Waals surface area (Å²) in [6, 6.07) is 1.89. The van der Waals surface area contributed by atoms with Crippen LogP contribution in [0.2, 0.25) is 0 Å². The molecule has 1 saturated carbocycles. The molecule has 1 aromatic heterocycles. The van der Waals surface area contributed by atoms with Gasteiger partial charge >= 0.3 is 0 Å². The lowest BCUT2D eigenvalue weighted by Gasteiger charge is -2.33. The summed E-state index contributed by atoms with van der Waals surface area (Å²) in [6.07, 6.45) is 7.12. The van der Waals surface area contributed by atoms with E-state index in [1.807, 2.05) is 17.9 Å². The molecule has 7 heteroatoms. The lowest BCUT2D eigenvalue weighted by Crippen LogP contribution is -2.41. The number of nitrogens with one attached hydrogen (secondary N) is 1. The summed E-state index contributed by atoms with van der Waals surface area (Å²) in [6.45, 7) is 3.27. The molecule has 1 saturated heterocycles. The third-order valence-electron chi connectivity index (χ3n) is 4.71. The Balaban J connectivity index is 1.60. The van der Waals surface area contributed by atoms with Crippen LogP contribution in [0, 0.1) is 12.3 Å². The third kappa shape index (κ3) is 3.15. The molecule has 6 nitrogen and oxygen atoms in total. The van der Waals surface area contributed by atoms with Gasteiger partial charge in [0.25, 0.3) is 5.91 Å². The predicted molar refractivity (Wildman–Crippen MR) is 82.9 cm³/mol. The lowest BCUT2D eigenvalue weighted by atomic mass is 9.92. The average Bonchev–Trinajstić information content (AvgIpc) is 3.08. The van der Waals surface area contributed by atoms with E-state index in [0.29, 0.717) is 18.7 Å². The van der Waals surface area contributed by atoms with Gasteiger partial charge in [-0.25, -0.2) is 13.1 Å². The summed E-state index contributed by atoms with van der Waals surface area (Å²) < 4.78 is 25.3. The number of hydrogen-bond donors (Lipinski definition) is 1. The first-order chi connectivity index (χ1) is 10.3. The van der Waals surface area contributed by atoms with Crippen LogP contribution in [0.1, 0.15) is 35.2 Å². The summed E-state index contributed by atoms with van der Waals surface area (Å²) in [5.74, 6) is 0.0133. The maximum atomic E-state index is 12.5. The second-order valence-electron chi connectivity index (χ2n) is 6.55. The number of pyridine rings is 1. The number of carbonyl (C=O) groups excluding carboxylic acids is 1. The van der Waals surface area contributed by atoms with Gasteiger partial charge in [0.1, 0.15) is 0 Å². The monoisotopic (exact) mass is 323 g/mol. The first kappa shape index (κ1) is 15.4. The Kier molecular flexibility index (Phi) is 3.72. The van der Waals surface area contributed by atoms with Crippen molar-refractivity contribution in [2.45, 2.75) is 32.2 Å². The first-order valence-corrected chi connectivity index (χ1v) is 9.36. The average molecular weight is 323 g/mol.